The van der Waals surface area contributed by atoms with Crippen molar-refractivity contribution in [3.8, 4) is 0 Å². The normalized spacial score (nSPS) is 10.9. The van der Waals surface area contributed by atoms with Crippen LogP contribution >= 0.6 is 0 Å². The maximum absolute atomic E-state index is 13.7. The summed E-state index contributed by atoms with van der Waals surface area (Å²) in [5.74, 6) is -0.481. The average Bonchev–Trinajstić information content (AvgIpc) is 2.94. The highest BCUT2D eigenvalue weighted by Gasteiger charge is 2.15. The number of nitrogens with zero attached hydrogens (tertiary/aromatic N) is 1. The van der Waals surface area contributed by atoms with Crippen molar-refractivity contribution in [2.75, 3.05) is 7.05 Å². The number of benzene rings is 2. The zero-order valence-electron chi connectivity index (χ0n) is 12.6. The first-order valence-corrected chi connectivity index (χ1v) is 7.13. The number of aromatic nitrogens is 1. The van der Waals surface area contributed by atoms with E-state index < -0.39 is 0 Å². The van der Waals surface area contributed by atoms with Crippen molar-refractivity contribution in [3.05, 3.63) is 71.2 Å². The second-order valence-corrected chi connectivity index (χ2v) is 5.53. The van der Waals surface area contributed by atoms with Crippen molar-refractivity contribution in [1.29, 1.82) is 0 Å². The van der Waals surface area contributed by atoms with Gasteiger partial charge in [-0.1, -0.05) is 35.9 Å². The summed E-state index contributed by atoms with van der Waals surface area (Å²) in [4.78, 5) is 17.1. The van der Waals surface area contributed by atoms with E-state index in [0.29, 0.717) is 23.1 Å². The number of H-pyrrole nitrogens is 1. The number of amides is 1. The highest BCUT2D eigenvalue weighted by atomic mass is 19.1. The molecule has 3 aromatic rings. The van der Waals surface area contributed by atoms with Gasteiger partial charge in [0.25, 0.3) is 5.91 Å². The largest absolute Gasteiger partial charge is 0.350 e. The summed E-state index contributed by atoms with van der Waals surface area (Å²) in [6.45, 7) is 2.54. The maximum atomic E-state index is 13.7. The van der Waals surface area contributed by atoms with Gasteiger partial charge < -0.3 is 9.88 Å². The van der Waals surface area contributed by atoms with Gasteiger partial charge in [0.15, 0.2) is 0 Å². The van der Waals surface area contributed by atoms with Crippen LogP contribution in [0.15, 0.2) is 48.5 Å². The monoisotopic (exact) mass is 296 g/mol. The molecule has 0 radical (unpaired) electrons. The van der Waals surface area contributed by atoms with Crippen LogP contribution in [0.2, 0.25) is 0 Å². The third-order valence-corrected chi connectivity index (χ3v) is 3.73. The molecule has 3 nitrogen and oxygen atoms in total. The molecule has 0 unspecified atom stereocenters. The van der Waals surface area contributed by atoms with Gasteiger partial charge in [0.1, 0.15) is 11.5 Å². The van der Waals surface area contributed by atoms with Crippen LogP contribution in [0.1, 0.15) is 21.6 Å². The van der Waals surface area contributed by atoms with Crippen LogP contribution in [-0.2, 0) is 6.54 Å². The van der Waals surface area contributed by atoms with Gasteiger partial charge in [-0.15, -0.1) is 0 Å². The van der Waals surface area contributed by atoms with E-state index >= 15 is 0 Å². The predicted octanol–water partition coefficient (Wildman–Crippen LogP) is 3.89. The van der Waals surface area contributed by atoms with Crippen molar-refractivity contribution in [3.63, 3.8) is 0 Å². The molecule has 0 atom stereocenters. The van der Waals surface area contributed by atoms with Gasteiger partial charge in [-0.05, 0) is 30.7 Å². The summed E-state index contributed by atoms with van der Waals surface area (Å²) in [7, 11) is 1.74. The minimum atomic E-state index is -0.325. The molecule has 0 saturated carbocycles. The molecule has 1 heterocycles. The van der Waals surface area contributed by atoms with Gasteiger partial charge in [-0.2, -0.15) is 0 Å². The Morgan fingerprint density at radius 3 is 2.59 bits per heavy atom. The predicted molar refractivity (Wildman–Crippen MR) is 85.2 cm³/mol. The van der Waals surface area contributed by atoms with Gasteiger partial charge in [0.05, 0.1) is 0 Å². The summed E-state index contributed by atoms with van der Waals surface area (Å²) in [6.07, 6.45) is 0. The lowest BCUT2D eigenvalue weighted by molar-refractivity contribution is 0.0780. The van der Waals surface area contributed by atoms with Crippen LogP contribution in [0.25, 0.3) is 10.9 Å². The third kappa shape index (κ3) is 2.72. The number of aryl methyl sites for hydroxylation is 1. The number of carbonyl (C=O) groups is 1. The van der Waals surface area contributed by atoms with Gasteiger partial charge >= 0.3 is 0 Å². The average molecular weight is 296 g/mol. The Morgan fingerprint density at radius 1 is 1.18 bits per heavy atom. The summed E-state index contributed by atoms with van der Waals surface area (Å²) < 4.78 is 13.7. The second-order valence-electron chi connectivity index (χ2n) is 5.53. The smallest absolute Gasteiger partial charge is 0.270 e. The molecule has 22 heavy (non-hydrogen) atoms. The lowest BCUT2D eigenvalue weighted by Gasteiger charge is -2.16. The minimum Gasteiger partial charge on any atom is -0.350 e. The molecule has 0 aliphatic rings. The first kappa shape index (κ1) is 14.3. The topological polar surface area (TPSA) is 36.1 Å². The molecule has 3 rings (SSSR count). The Morgan fingerprint density at radius 2 is 1.91 bits per heavy atom. The molecule has 1 aromatic heterocycles. The number of nitrogens with one attached hydrogen (secondary N) is 1. The van der Waals surface area contributed by atoms with Crippen LogP contribution in [0, 0.1) is 12.7 Å². The van der Waals surface area contributed by atoms with Crippen molar-refractivity contribution < 1.29 is 9.18 Å². The van der Waals surface area contributed by atoms with Crippen LogP contribution < -0.4 is 0 Å². The summed E-state index contributed by atoms with van der Waals surface area (Å²) in [5.41, 5.74) is 3.27. The second kappa shape index (κ2) is 5.64. The molecule has 0 bridgehead atoms. The third-order valence-electron chi connectivity index (χ3n) is 3.73. The molecule has 0 spiro atoms. The number of hydrogen-bond donors (Lipinski definition) is 1. The standard InChI is InChI=1S/C18H17FN2O/c1-12-6-8-13(9-7-12)11-21(2)18(22)17-10-14-15(19)4-3-5-16(14)20-17/h3-10,20H,11H2,1-2H3. The Balaban J connectivity index is 1.82. The Kier molecular flexibility index (Phi) is 3.67. The minimum absolute atomic E-state index is 0.156. The van der Waals surface area contributed by atoms with E-state index in [2.05, 4.69) is 4.98 Å². The van der Waals surface area contributed by atoms with Crippen molar-refractivity contribution in [1.82, 2.24) is 9.88 Å². The van der Waals surface area contributed by atoms with Crippen LogP contribution in [0.4, 0.5) is 4.39 Å². The van der Waals surface area contributed by atoms with E-state index in [9.17, 15) is 9.18 Å². The quantitative estimate of drug-likeness (QED) is 0.782. The van der Waals surface area contributed by atoms with E-state index in [1.165, 1.54) is 11.6 Å². The fourth-order valence-corrected chi connectivity index (χ4v) is 2.48. The van der Waals surface area contributed by atoms with Gasteiger partial charge in [0.2, 0.25) is 0 Å². The number of fused-ring (bicyclic) bond motifs is 1. The molecular formula is C18H17FN2O. The fourth-order valence-electron chi connectivity index (χ4n) is 2.48. The van der Waals surface area contributed by atoms with Gasteiger partial charge in [-0.25, -0.2) is 4.39 Å². The van der Waals surface area contributed by atoms with E-state index in [-0.39, 0.29) is 11.7 Å². The molecule has 0 saturated heterocycles. The molecular weight excluding hydrogens is 279 g/mol. The number of carbonyl (C=O) groups excluding carboxylic acids is 1. The van der Waals surface area contributed by atoms with E-state index in [4.69, 9.17) is 0 Å². The highest BCUT2D eigenvalue weighted by molar-refractivity contribution is 5.98. The zero-order chi connectivity index (χ0) is 15.7. The Bertz CT molecular complexity index is 821. The van der Waals surface area contributed by atoms with Crippen LogP contribution in [0.3, 0.4) is 0 Å². The van der Waals surface area contributed by atoms with Crippen molar-refractivity contribution in [2.24, 2.45) is 0 Å². The molecule has 2 aromatic carbocycles. The number of hydrogen-bond acceptors (Lipinski definition) is 1. The van der Waals surface area contributed by atoms with E-state index in [1.807, 2.05) is 31.2 Å². The van der Waals surface area contributed by atoms with E-state index in [1.54, 1.807) is 30.1 Å². The van der Waals surface area contributed by atoms with Gasteiger partial charge in [-0.3, -0.25) is 4.79 Å². The van der Waals surface area contributed by atoms with Crippen LogP contribution in [-0.4, -0.2) is 22.8 Å². The molecule has 4 heteroatoms. The Labute approximate surface area is 128 Å². The number of halogens is 1. The molecule has 0 fully saturated rings. The SMILES string of the molecule is Cc1ccc(CN(C)C(=O)c2cc3c(F)cccc3[nH]2)cc1. The lowest BCUT2D eigenvalue weighted by Crippen LogP contribution is -2.26. The zero-order valence-corrected chi connectivity index (χ0v) is 12.6. The summed E-state index contributed by atoms with van der Waals surface area (Å²) in [5, 5.41) is 0.439. The fraction of sp³-hybridized carbons (Fsp3) is 0.167. The molecule has 0 aliphatic carbocycles. The molecule has 1 amide bonds. The summed E-state index contributed by atoms with van der Waals surface area (Å²) in [6, 6.07) is 14.4. The van der Waals surface area contributed by atoms with Crippen molar-refractivity contribution >= 4 is 16.8 Å². The lowest BCUT2D eigenvalue weighted by atomic mass is 10.1. The van der Waals surface area contributed by atoms with Crippen LogP contribution in [0.5, 0.6) is 0 Å². The first-order chi connectivity index (χ1) is 10.5. The number of rotatable bonds is 3. The number of aromatic amines is 1. The van der Waals surface area contributed by atoms with Gasteiger partial charge in [0, 0.05) is 24.5 Å². The highest BCUT2D eigenvalue weighted by Crippen LogP contribution is 2.19. The summed E-state index contributed by atoms with van der Waals surface area (Å²) >= 11 is 0. The molecule has 0 aliphatic heterocycles. The maximum Gasteiger partial charge on any atom is 0.270 e. The van der Waals surface area contributed by atoms with Crippen molar-refractivity contribution in [2.45, 2.75) is 13.5 Å². The molecule has 1 N–H and O–H groups in total. The molecule has 112 valence electrons. The Hall–Kier alpha value is -2.62. The van der Waals surface area contributed by atoms with E-state index in [0.717, 1.165) is 5.56 Å². The first-order valence-electron chi connectivity index (χ1n) is 7.13.